The van der Waals surface area contributed by atoms with E-state index < -0.39 is 0 Å². The molecule has 4 aromatic rings. The Kier molecular flexibility index (Phi) is 8.80. The van der Waals surface area contributed by atoms with Crippen molar-refractivity contribution in [1.82, 2.24) is 14.4 Å². The van der Waals surface area contributed by atoms with Gasteiger partial charge in [-0.3, -0.25) is 9.59 Å². The van der Waals surface area contributed by atoms with Crippen molar-refractivity contribution < 1.29 is 14.3 Å². The molecule has 0 saturated heterocycles. The van der Waals surface area contributed by atoms with Crippen molar-refractivity contribution in [2.75, 3.05) is 13.7 Å². The molecule has 2 aromatic carbocycles. The van der Waals surface area contributed by atoms with Crippen LogP contribution in [0.25, 0.3) is 0 Å². The summed E-state index contributed by atoms with van der Waals surface area (Å²) >= 11 is 1.40. The van der Waals surface area contributed by atoms with Crippen LogP contribution < -0.4 is 4.74 Å². The Morgan fingerprint density at radius 2 is 1.70 bits per heavy atom. The first-order valence-corrected chi connectivity index (χ1v) is 13.3. The Balaban J connectivity index is 1.56. The molecule has 0 aliphatic heterocycles. The number of carbonyl (C=O) groups excluding carboxylic acids is 2. The summed E-state index contributed by atoms with van der Waals surface area (Å²) in [5.41, 5.74) is 3.18. The van der Waals surface area contributed by atoms with Crippen molar-refractivity contribution in [3.05, 3.63) is 112 Å². The second-order valence-electron chi connectivity index (χ2n) is 9.22. The normalized spacial score (nSPS) is 10.9. The fourth-order valence-electron chi connectivity index (χ4n) is 4.22. The standard InChI is InChI=1S/C30H33N3O3S/c1-23(2)33(30(35)28-15-9-17-37-28)22-29(34)32(19-24-10-5-4-6-11-24)21-26-13-8-16-31(26)20-25-12-7-14-27(18-25)36-3/h4-18,23H,19-22H2,1-3H3. The van der Waals surface area contributed by atoms with Crippen molar-refractivity contribution in [2.45, 2.75) is 39.5 Å². The molecule has 0 saturated carbocycles. The molecule has 0 N–H and O–H groups in total. The molecule has 0 unspecified atom stereocenters. The molecular formula is C30H33N3O3S. The minimum absolute atomic E-state index is 0.0256. The molecule has 0 aliphatic rings. The SMILES string of the molecule is COc1cccc(Cn2cccc2CN(Cc2ccccc2)C(=O)CN(C(=O)c2cccs2)C(C)C)c1. The van der Waals surface area contributed by atoms with Crippen LogP contribution in [0.4, 0.5) is 0 Å². The highest BCUT2D eigenvalue weighted by Gasteiger charge is 2.25. The van der Waals surface area contributed by atoms with Crippen LogP contribution in [0.2, 0.25) is 0 Å². The van der Waals surface area contributed by atoms with Crippen molar-refractivity contribution >= 4 is 23.2 Å². The van der Waals surface area contributed by atoms with Gasteiger partial charge in [0.1, 0.15) is 12.3 Å². The first kappa shape index (κ1) is 26.2. The van der Waals surface area contributed by atoms with E-state index in [1.54, 1.807) is 18.1 Å². The fourth-order valence-corrected chi connectivity index (χ4v) is 4.90. The van der Waals surface area contributed by atoms with E-state index in [-0.39, 0.29) is 24.4 Å². The van der Waals surface area contributed by atoms with Gasteiger partial charge in [0.2, 0.25) is 5.91 Å². The third-order valence-electron chi connectivity index (χ3n) is 6.25. The summed E-state index contributed by atoms with van der Waals surface area (Å²) in [6.07, 6.45) is 2.03. The van der Waals surface area contributed by atoms with Crippen molar-refractivity contribution in [1.29, 1.82) is 0 Å². The molecule has 0 spiro atoms. The molecule has 0 bridgehead atoms. The Morgan fingerprint density at radius 3 is 2.41 bits per heavy atom. The minimum atomic E-state index is -0.112. The third kappa shape index (κ3) is 6.89. The molecule has 37 heavy (non-hydrogen) atoms. The summed E-state index contributed by atoms with van der Waals surface area (Å²) in [5.74, 6) is 0.618. The number of carbonyl (C=O) groups is 2. The third-order valence-corrected chi connectivity index (χ3v) is 7.11. The zero-order chi connectivity index (χ0) is 26.2. The number of thiophene rings is 1. The zero-order valence-electron chi connectivity index (χ0n) is 21.5. The monoisotopic (exact) mass is 515 g/mol. The Morgan fingerprint density at radius 1 is 0.919 bits per heavy atom. The van der Waals surface area contributed by atoms with E-state index in [1.807, 2.05) is 97.1 Å². The molecule has 7 heteroatoms. The van der Waals surface area contributed by atoms with E-state index in [0.29, 0.717) is 24.5 Å². The maximum absolute atomic E-state index is 13.7. The Labute approximate surface area is 222 Å². The first-order valence-electron chi connectivity index (χ1n) is 12.4. The smallest absolute Gasteiger partial charge is 0.264 e. The summed E-state index contributed by atoms with van der Waals surface area (Å²) in [6.45, 7) is 5.48. The number of aromatic nitrogens is 1. The van der Waals surface area contributed by atoms with Gasteiger partial charge < -0.3 is 19.1 Å². The first-order chi connectivity index (χ1) is 17.9. The van der Waals surface area contributed by atoms with Crippen LogP contribution in [0, 0.1) is 0 Å². The van der Waals surface area contributed by atoms with Gasteiger partial charge in [0.25, 0.3) is 5.91 Å². The predicted octanol–water partition coefficient (Wildman–Crippen LogP) is 5.69. The minimum Gasteiger partial charge on any atom is -0.497 e. The van der Waals surface area contributed by atoms with E-state index in [0.717, 1.165) is 22.6 Å². The summed E-state index contributed by atoms with van der Waals surface area (Å²) in [5, 5.41) is 1.88. The van der Waals surface area contributed by atoms with E-state index in [9.17, 15) is 9.59 Å². The largest absolute Gasteiger partial charge is 0.497 e. The number of hydrogen-bond donors (Lipinski definition) is 0. The number of amides is 2. The molecule has 0 radical (unpaired) electrons. The highest BCUT2D eigenvalue weighted by Crippen LogP contribution is 2.19. The lowest BCUT2D eigenvalue weighted by Crippen LogP contribution is -2.45. The Bertz CT molecular complexity index is 1300. The van der Waals surface area contributed by atoms with Crippen LogP contribution in [0.15, 0.2) is 90.4 Å². The number of nitrogens with zero attached hydrogens (tertiary/aromatic N) is 3. The average molecular weight is 516 g/mol. The van der Waals surface area contributed by atoms with Crippen molar-refractivity contribution in [3.8, 4) is 5.75 Å². The van der Waals surface area contributed by atoms with Gasteiger partial charge in [-0.25, -0.2) is 0 Å². The van der Waals surface area contributed by atoms with Gasteiger partial charge in [-0.1, -0.05) is 48.5 Å². The number of hydrogen-bond acceptors (Lipinski definition) is 4. The van der Waals surface area contributed by atoms with Crippen LogP contribution in [0.5, 0.6) is 5.75 Å². The molecule has 4 rings (SSSR count). The molecule has 6 nitrogen and oxygen atoms in total. The number of rotatable bonds is 11. The summed E-state index contributed by atoms with van der Waals surface area (Å²) in [4.78, 5) is 31.0. The van der Waals surface area contributed by atoms with Crippen LogP contribution in [0.3, 0.4) is 0 Å². The number of benzene rings is 2. The van der Waals surface area contributed by atoms with Gasteiger partial charge in [-0.2, -0.15) is 0 Å². The lowest BCUT2D eigenvalue weighted by atomic mass is 10.2. The van der Waals surface area contributed by atoms with E-state index >= 15 is 0 Å². The quantitative estimate of drug-likeness (QED) is 0.258. The van der Waals surface area contributed by atoms with Crippen molar-refractivity contribution in [3.63, 3.8) is 0 Å². The lowest BCUT2D eigenvalue weighted by molar-refractivity contribution is -0.133. The zero-order valence-corrected chi connectivity index (χ0v) is 22.4. The molecule has 0 aliphatic carbocycles. The van der Waals surface area contributed by atoms with Gasteiger partial charge >= 0.3 is 0 Å². The van der Waals surface area contributed by atoms with E-state index in [4.69, 9.17) is 4.74 Å². The molecule has 0 atom stereocenters. The molecule has 2 heterocycles. The highest BCUT2D eigenvalue weighted by atomic mass is 32.1. The number of ether oxygens (including phenoxy) is 1. The van der Waals surface area contributed by atoms with Crippen LogP contribution in [-0.4, -0.2) is 45.9 Å². The topological polar surface area (TPSA) is 54.8 Å². The van der Waals surface area contributed by atoms with Gasteiger partial charge in [0.15, 0.2) is 0 Å². The van der Waals surface area contributed by atoms with Crippen molar-refractivity contribution in [2.24, 2.45) is 0 Å². The van der Waals surface area contributed by atoms with Crippen LogP contribution in [0.1, 0.15) is 40.3 Å². The summed E-state index contributed by atoms with van der Waals surface area (Å²) in [6, 6.07) is 25.6. The molecule has 2 amide bonds. The summed E-state index contributed by atoms with van der Waals surface area (Å²) < 4.78 is 7.53. The molecule has 192 valence electrons. The van der Waals surface area contributed by atoms with Gasteiger partial charge in [0.05, 0.1) is 18.5 Å². The second-order valence-corrected chi connectivity index (χ2v) is 10.2. The molecular weight excluding hydrogens is 482 g/mol. The molecule has 2 aromatic heterocycles. The van der Waals surface area contributed by atoms with Crippen LogP contribution in [-0.2, 0) is 24.4 Å². The predicted molar refractivity (Wildman–Crippen MR) is 148 cm³/mol. The fraction of sp³-hybridized carbons (Fsp3) is 0.267. The van der Waals surface area contributed by atoms with Crippen LogP contribution >= 0.6 is 11.3 Å². The van der Waals surface area contributed by atoms with E-state index in [1.165, 1.54) is 11.3 Å². The van der Waals surface area contributed by atoms with E-state index in [2.05, 4.69) is 10.6 Å². The number of methoxy groups -OCH3 is 1. The van der Waals surface area contributed by atoms with Gasteiger partial charge in [-0.05, 0) is 60.7 Å². The maximum atomic E-state index is 13.7. The maximum Gasteiger partial charge on any atom is 0.264 e. The average Bonchev–Trinajstić information content (AvgIpc) is 3.60. The lowest BCUT2D eigenvalue weighted by Gasteiger charge is -2.30. The second kappa shape index (κ2) is 12.4. The highest BCUT2D eigenvalue weighted by molar-refractivity contribution is 7.12. The molecule has 0 fully saturated rings. The van der Waals surface area contributed by atoms with Gasteiger partial charge in [-0.15, -0.1) is 11.3 Å². The summed E-state index contributed by atoms with van der Waals surface area (Å²) in [7, 11) is 1.66. The van der Waals surface area contributed by atoms with Gasteiger partial charge in [0, 0.05) is 31.0 Å². The Hall–Kier alpha value is -3.84.